The molecular formula is C17H17N3O3S. The minimum atomic E-state index is -0.270. The van der Waals surface area contributed by atoms with Crippen LogP contribution in [-0.2, 0) is 0 Å². The predicted octanol–water partition coefficient (Wildman–Crippen LogP) is 2.28. The van der Waals surface area contributed by atoms with E-state index >= 15 is 0 Å². The van der Waals surface area contributed by atoms with Gasteiger partial charge in [-0.1, -0.05) is 37.7 Å². The predicted molar refractivity (Wildman–Crippen MR) is 91.5 cm³/mol. The highest BCUT2D eigenvalue weighted by Gasteiger charge is 2.34. The molecule has 1 aromatic heterocycles. The summed E-state index contributed by atoms with van der Waals surface area (Å²) in [6.07, 6.45) is 0. The van der Waals surface area contributed by atoms with E-state index in [1.54, 1.807) is 24.3 Å². The lowest BCUT2D eigenvalue weighted by Gasteiger charge is -2.13. The van der Waals surface area contributed by atoms with Gasteiger partial charge < -0.3 is 4.98 Å². The number of amides is 2. The van der Waals surface area contributed by atoms with Crippen LogP contribution in [0.5, 0.6) is 0 Å². The van der Waals surface area contributed by atoms with Crippen LogP contribution in [0.3, 0.4) is 0 Å². The smallest absolute Gasteiger partial charge is 0.261 e. The van der Waals surface area contributed by atoms with Gasteiger partial charge in [0.25, 0.3) is 17.4 Å². The Kier molecular flexibility index (Phi) is 4.53. The molecule has 7 heteroatoms. The molecular weight excluding hydrogens is 326 g/mol. The number of thioether (sulfide) groups is 1. The zero-order valence-corrected chi connectivity index (χ0v) is 14.2. The molecule has 0 unspecified atom stereocenters. The van der Waals surface area contributed by atoms with Crippen molar-refractivity contribution in [2.75, 3.05) is 12.3 Å². The van der Waals surface area contributed by atoms with E-state index in [2.05, 4.69) is 9.97 Å². The van der Waals surface area contributed by atoms with Crippen molar-refractivity contribution in [3.8, 4) is 0 Å². The number of fused-ring (bicyclic) bond motifs is 1. The average molecular weight is 343 g/mol. The van der Waals surface area contributed by atoms with E-state index in [0.717, 1.165) is 5.69 Å². The van der Waals surface area contributed by atoms with Gasteiger partial charge >= 0.3 is 0 Å². The third-order valence-electron chi connectivity index (χ3n) is 3.76. The molecule has 124 valence electrons. The third kappa shape index (κ3) is 3.12. The number of imide groups is 1. The maximum atomic E-state index is 12.3. The van der Waals surface area contributed by atoms with Gasteiger partial charge in [0.05, 0.1) is 16.8 Å². The molecule has 0 bridgehead atoms. The number of aromatic amines is 1. The number of nitrogens with one attached hydrogen (secondary N) is 1. The lowest BCUT2D eigenvalue weighted by atomic mass is 10.1. The highest BCUT2D eigenvalue weighted by molar-refractivity contribution is 7.99. The third-order valence-corrected chi connectivity index (χ3v) is 4.62. The molecule has 6 nitrogen and oxygen atoms in total. The van der Waals surface area contributed by atoms with E-state index in [1.807, 2.05) is 13.8 Å². The molecule has 2 heterocycles. The number of nitrogens with zero attached hydrogens (tertiary/aromatic N) is 2. The van der Waals surface area contributed by atoms with E-state index in [9.17, 15) is 14.4 Å². The standard InChI is InChI=1S/C17H17N3O3S/c1-10(2)13-9-14(21)19-17(18-13)24-8-7-20-15(22)11-5-3-4-6-12(11)16(20)23/h3-6,9-10H,7-8H2,1-2H3,(H,18,19,21). The quantitative estimate of drug-likeness (QED) is 0.512. The number of carbonyl (C=O) groups excluding carboxylic acids is 2. The lowest BCUT2D eigenvalue weighted by Crippen LogP contribution is -2.31. The van der Waals surface area contributed by atoms with Crippen molar-refractivity contribution in [3.05, 3.63) is 57.5 Å². The molecule has 0 fully saturated rings. The number of hydrogen-bond acceptors (Lipinski definition) is 5. The molecule has 0 atom stereocenters. The number of aromatic nitrogens is 2. The van der Waals surface area contributed by atoms with Crippen molar-refractivity contribution in [2.45, 2.75) is 24.9 Å². The van der Waals surface area contributed by atoms with Gasteiger partial charge in [0.1, 0.15) is 0 Å². The van der Waals surface area contributed by atoms with E-state index < -0.39 is 0 Å². The first-order chi connectivity index (χ1) is 11.5. The minimum Gasteiger partial charge on any atom is -0.301 e. The van der Waals surface area contributed by atoms with E-state index in [0.29, 0.717) is 22.0 Å². The summed E-state index contributed by atoms with van der Waals surface area (Å²) in [6, 6.07) is 8.29. The number of H-pyrrole nitrogens is 1. The molecule has 0 aliphatic carbocycles. The molecule has 2 aromatic rings. The Balaban J connectivity index is 1.67. The Morgan fingerprint density at radius 1 is 1.12 bits per heavy atom. The normalized spacial score (nSPS) is 13.7. The molecule has 0 spiro atoms. The first kappa shape index (κ1) is 16.4. The van der Waals surface area contributed by atoms with Gasteiger partial charge in [-0.2, -0.15) is 0 Å². The Labute approximate surface area is 143 Å². The summed E-state index contributed by atoms with van der Waals surface area (Å²) in [5, 5.41) is 0.503. The van der Waals surface area contributed by atoms with Crippen molar-refractivity contribution in [3.63, 3.8) is 0 Å². The van der Waals surface area contributed by atoms with Crippen molar-refractivity contribution in [2.24, 2.45) is 0 Å². The van der Waals surface area contributed by atoms with E-state index in [1.165, 1.54) is 22.7 Å². The maximum Gasteiger partial charge on any atom is 0.261 e. The van der Waals surface area contributed by atoms with Crippen LogP contribution in [0.2, 0.25) is 0 Å². The highest BCUT2D eigenvalue weighted by Crippen LogP contribution is 2.23. The summed E-state index contributed by atoms with van der Waals surface area (Å²) in [5.41, 5.74) is 1.42. The summed E-state index contributed by atoms with van der Waals surface area (Å²) in [7, 11) is 0. The number of hydrogen-bond donors (Lipinski definition) is 1. The van der Waals surface area contributed by atoms with E-state index in [4.69, 9.17) is 0 Å². The van der Waals surface area contributed by atoms with Gasteiger partial charge in [-0.05, 0) is 18.1 Å². The van der Waals surface area contributed by atoms with E-state index in [-0.39, 0.29) is 29.8 Å². The summed E-state index contributed by atoms with van der Waals surface area (Å²) in [6.45, 7) is 4.21. The Bertz CT molecular complexity index is 825. The molecule has 24 heavy (non-hydrogen) atoms. The first-order valence-corrected chi connectivity index (χ1v) is 8.65. The fourth-order valence-electron chi connectivity index (χ4n) is 2.49. The molecule has 1 N–H and O–H groups in total. The van der Waals surface area contributed by atoms with Gasteiger partial charge in [-0.3, -0.25) is 19.3 Å². The van der Waals surface area contributed by atoms with Gasteiger partial charge in [-0.15, -0.1) is 0 Å². The number of benzene rings is 1. The topological polar surface area (TPSA) is 83.1 Å². The van der Waals surface area contributed by atoms with Crippen LogP contribution in [-0.4, -0.2) is 39.0 Å². The Morgan fingerprint density at radius 3 is 2.33 bits per heavy atom. The second-order valence-corrected chi connectivity index (χ2v) is 6.87. The number of carbonyl (C=O) groups is 2. The maximum absolute atomic E-state index is 12.3. The van der Waals surface area contributed by atoms with Crippen molar-refractivity contribution >= 4 is 23.6 Å². The molecule has 1 aromatic carbocycles. The van der Waals surface area contributed by atoms with Crippen LogP contribution < -0.4 is 5.56 Å². The molecule has 2 amide bonds. The second-order valence-electron chi connectivity index (χ2n) is 5.79. The molecule has 1 aliphatic heterocycles. The van der Waals surface area contributed by atoms with Gasteiger partial charge in [0, 0.05) is 18.4 Å². The van der Waals surface area contributed by atoms with Crippen molar-refractivity contribution in [1.29, 1.82) is 0 Å². The Morgan fingerprint density at radius 2 is 1.75 bits per heavy atom. The van der Waals surface area contributed by atoms with Crippen LogP contribution in [0.15, 0.2) is 40.3 Å². The van der Waals surface area contributed by atoms with Crippen molar-refractivity contribution in [1.82, 2.24) is 14.9 Å². The average Bonchev–Trinajstić information content (AvgIpc) is 2.80. The zero-order valence-electron chi connectivity index (χ0n) is 13.4. The van der Waals surface area contributed by atoms with Crippen LogP contribution >= 0.6 is 11.8 Å². The second kappa shape index (κ2) is 6.60. The van der Waals surface area contributed by atoms with Crippen LogP contribution in [0.25, 0.3) is 0 Å². The fraction of sp³-hybridized carbons (Fsp3) is 0.294. The number of rotatable bonds is 5. The summed E-state index contributed by atoms with van der Waals surface area (Å²) in [4.78, 5) is 44.5. The minimum absolute atomic E-state index is 0.155. The fourth-order valence-corrected chi connectivity index (χ4v) is 3.30. The molecule has 3 rings (SSSR count). The van der Waals surface area contributed by atoms with Crippen LogP contribution in [0, 0.1) is 0 Å². The molecule has 1 aliphatic rings. The van der Waals surface area contributed by atoms with Crippen LogP contribution in [0.4, 0.5) is 0 Å². The first-order valence-electron chi connectivity index (χ1n) is 7.66. The summed E-state index contributed by atoms with van der Waals surface area (Å²) in [5.74, 6) is 0.0840. The van der Waals surface area contributed by atoms with Gasteiger partial charge in [0.2, 0.25) is 0 Å². The molecule has 0 saturated carbocycles. The zero-order chi connectivity index (χ0) is 17.3. The molecule has 0 radical (unpaired) electrons. The highest BCUT2D eigenvalue weighted by atomic mass is 32.2. The SMILES string of the molecule is CC(C)c1cc(=O)[nH]c(SCCN2C(=O)c3ccccc3C2=O)n1. The van der Waals surface area contributed by atoms with Gasteiger partial charge in [0.15, 0.2) is 5.16 Å². The lowest BCUT2D eigenvalue weighted by molar-refractivity contribution is 0.0664. The largest absolute Gasteiger partial charge is 0.301 e. The summed E-state index contributed by atoms with van der Waals surface area (Å²) < 4.78 is 0. The van der Waals surface area contributed by atoms with Crippen molar-refractivity contribution < 1.29 is 9.59 Å². The summed E-state index contributed by atoms with van der Waals surface area (Å²) >= 11 is 1.32. The Hall–Kier alpha value is -2.41. The monoisotopic (exact) mass is 343 g/mol. The van der Waals surface area contributed by atoms with Gasteiger partial charge in [-0.25, -0.2) is 4.98 Å². The molecule has 0 saturated heterocycles. The van der Waals surface area contributed by atoms with Crippen LogP contribution in [0.1, 0.15) is 46.2 Å².